The summed E-state index contributed by atoms with van der Waals surface area (Å²) in [4.78, 5) is 13.0. The number of anilines is 2. The van der Waals surface area contributed by atoms with Crippen molar-refractivity contribution in [2.45, 2.75) is 4.90 Å². The van der Waals surface area contributed by atoms with Gasteiger partial charge in [-0.05, 0) is 24.5 Å². The first-order valence-corrected chi connectivity index (χ1v) is 7.23. The van der Waals surface area contributed by atoms with Crippen LogP contribution < -0.4 is 10.6 Å². The van der Waals surface area contributed by atoms with Crippen LogP contribution in [0.15, 0.2) is 29.2 Å². The predicted molar refractivity (Wildman–Crippen MR) is 75.6 cm³/mol. The molecule has 0 aliphatic carbocycles. The lowest BCUT2D eigenvalue weighted by Gasteiger charge is -2.03. The Morgan fingerprint density at radius 3 is 2.89 bits per heavy atom. The summed E-state index contributed by atoms with van der Waals surface area (Å²) >= 11 is 2.85. The number of amides is 1. The van der Waals surface area contributed by atoms with E-state index in [0.29, 0.717) is 10.1 Å². The number of thioether (sulfide) groups is 1. The van der Waals surface area contributed by atoms with Crippen molar-refractivity contribution in [1.82, 2.24) is 10.2 Å². The molecule has 94 valence electrons. The number of rotatable bonds is 4. The van der Waals surface area contributed by atoms with E-state index in [2.05, 4.69) is 20.8 Å². The monoisotopic (exact) mass is 280 g/mol. The van der Waals surface area contributed by atoms with Gasteiger partial charge in [-0.25, -0.2) is 0 Å². The molecular weight excluding hydrogens is 268 g/mol. The van der Waals surface area contributed by atoms with Crippen molar-refractivity contribution in [2.24, 2.45) is 0 Å². The molecule has 5 nitrogen and oxygen atoms in total. The van der Waals surface area contributed by atoms with Crippen molar-refractivity contribution < 1.29 is 4.79 Å². The molecule has 2 rings (SSSR count). The van der Waals surface area contributed by atoms with Gasteiger partial charge in [0.2, 0.25) is 10.1 Å². The Balaban J connectivity index is 2.10. The van der Waals surface area contributed by atoms with E-state index in [4.69, 9.17) is 0 Å². The molecule has 1 aromatic carbocycles. The molecule has 0 atom stereocenters. The zero-order valence-corrected chi connectivity index (χ0v) is 11.6. The smallest absolute Gasteiger partial charge is 0.286 e. The Kier molecular flexibility index (Phi) is 4.16. The minimum Gasteiger partial charge on any atom is -0.363 e. The zero-order valence-electron chi connectivity index (χ0n) is 9.93. The van der Waals surface area contributed by atoms with Crippen LogP contribution >= 0.6 is 23.1 Å². The second-order valence-electron chi connectivity index (χ2n) is 3.35. The van der Waals surface area contributed by atoms with Gasteiger partial charge >= 0.3 is 0 Å². The summed E-state index contributed by atoms with van der Waals surface area (Å²) in [6.45, 7) is 0. The van der Waals surface area contributed by atoms with Gasteiger partial charge in [0.05, 0.1) is 0 Å². The average Bonchev–Trinajstić information content (AvgIpc) is 2.88. The van der Waals surface area contributed by atoms with Gasteiger partial charge < -0.3 is 10.6 Å². The second kappa shape index (κ2) is 5.83. The molecule has 1 amide bonds. The second-order valence-corrected chi connectivity index (χ2v) is 5.21. The summed E-state index contributed by atoms with van der Waals surface area (Å²) < 4.78 is 0. The van der Waals surface area contributed by atoms with Crippen molar-refractivity contribution in [3.63, 3.8) is 0 Å². The van der Waals surface area contributed by atoms with Crippen LogP contribution in [0, 0.1) is 0 Å². The van der Waals surface area contributed by atoms with Crippen LogP contribution in [0.5, 0.6) is 0 Å². The maximum atomic E-state index is 11.9. The summed E-state index contributed by atoms with van der Waals surface area (Å²) in [5, 5.41) is 14.2. The number of benzene rings is 1. The average molecular weight is 280 g/mol. The molecule has 0 fully saturated rings. The number of nitrogens with zero attached hydrogens (tertiary/aromatic N) is 2. The zero-order chi connectivity index (χ0) is 13.0. The van der Waals surface area contributed by atoms with Gasteiger partial charge in [0.1, 0.15) is 0 Å². The molecule has 0 spiro atoms. The van der Waals surface area contributed by atoms with Crippen molar-refractivity contribution in [1.29, 1.82) is 0 Å². The molecule has 0 aliphatic heterocycles. The standard InChI is InChI=1S/C11H12N4OS2/c1-12-11-15-14-10(18-11)9(16)13-7-4-3-5-8(6-7)17-2/h3-6H,1-2H3,(H,12,15)(H,13,16). The molecular formula is C11H12N4OS2. The molecule has 7 heteroatoms. The largest absolute Gasteiger partial charge is 0.363 e. The van der Waals surface area contributed by atoms with Crippen molar-refractivity contribution in [3.05, 3.63) is 29.3 Å². The molecule has 0 bridgehead atoms. The normalized spacial score (nSPS) is 10.1. The molecule has 0 radical (unpaired) electrons. The third kappa shape index (κ3) is 2.99. The quantitative estimate of drug-likeness (QED) is 0.843. The highest BCUT2D eigenvalue weighted by molar-refractivity contribution is 7.98. The van der Waals surface area contributed by atoms with Crippen LogP contribution in [-0.2, 0) is 0 Å². The first-order valence-electron chi connectivity index (χ1n) is 5.19. The highest BCUT2D eigenvalue weighted by Gasteiger charge is 2.12. The number of hydrogen-bond acceptors (Lipinski definition) is 6. The van der Waals surface area contributed by atoms with Gasteiger partial charge in [-0.2, -0.15) is 0 Å². The summed E-state index contributed by atoms with van der Waals surface area (Å²) in [6, 6.07) is 7.66. The van der Waals surface area contributed by atoms with Gasteiger partial charge in [-0.1, -0.05) is 17.4 Å². The van der Waals surface area contributed by atoms with Gasteiger partial charge in [0, 0.05) is 17.6 Å². The molecule has 18 heavy (non-hydrogen) atoms. The van der Waals surface area contributed by atoms with E-state index in [0.717, 1.165) is 10.6 Å². The first-order chi connectivity index (χ1) is 8.72. The fraction of sp³-hybridized carbons (Fsp3) is 0.182. The number of carbonyl (C=O) groups is 1. The molecule has 0 aliphatic rings. The molecule has 2 aromatic rings. The number of aromatic nitrogens is 2. The van der Waals surface area contributed by atoms with Gasteiger partial charge in [-0.3, -0.25) is 4.79 Å². The van der Waals surface area contributed by atoms with Crippen LogP contribution in [0.4, 0.5) is 10.8 Å². The van der Waals surface area contributed by atoms with Crippen molar-refractivity contribution in [3.8, 4) is 0 Å². The predicted octanol–water partition coefficient (Wildman–Crippen LogP) is 2.55. The van der Waals surface area contributed by atoms with Gasteiger partial charge in [0.25, 0.3) is 5.91 Å². The third-order valence-electron chi connectivity index (χ3n) is 2.16. The Morgan fingerprint density at radius 1 is 1.39 bits per heavy atom. The molecule has 0 saturated carbocycles. The lowest BCUT2D eigenvalue weighted by molar-refractivity contribution is 0.102. The summed E-state index contributed by atoms with van der Waals surface area (Å²) in [7, 11) is 1.74. The summed E-state index contributed by atoms with van der Waals surface area (Å²) in [6.07, 6.45) is 1.99. The van der Waals surface area contributed by atoms with Crippen LogP contribution in [0.25, 0.3) is 0 Å². The van der Waals surface area contributed by atoms with Crippen LogP contribution in [0.2, 0.25) is 0 Å². The molecule has 0 unspecified atom stereocenters. The minimum absolute atomic E-state index is 0.243. The van der Waals surface area contributed by atoms with E-state index in [1.54, 1.807) is 18.8 Å². The first kappa shape index (κ1) is 12.8. The number of hydrogen-bond donors (Lipinski definition) is 2. The van der Waals surface area contributed by atoms with Gasteiger partial charge in [0.15, 0.2) is 0 Å². The highest BCUT2D eigenvalue weighted by atomic mass is 32.2. The van der Waals surface area contributed by atoms with E-state index < -0.39 is 0 Å². The van der Waals surface area contributed by atoms with Gasteiger partial charge in [-0.15, -0.1) is 22.0 Å². The summed E-state index contributed by atoms with van der Waals surface area (Å²) in [5.74, 6) is -0.243. The number of carbonyl (C=O) groups excluding carboxylic acids is 1. The van der Waals surface area contributed by atoms with E-state index in [-0.39, 0.29) is 5.91 Å². The molecule has 1 aromatic heterocycles. The van der Waals surface area contributed by atoms with Crippen LogP contribution in [0.1, 0.15) is 9.80 Å². The van der Waals surface area contributed by atoms with Crippen molar-refractivity contribution in [2.75, 3.05) is 23.9 Å². The van der Waals surface area contributed by atoms with E-state index in [1.165, 1.54) is 11.3 Å². The maximum Gasteiger partial charge on any atom is 0.286 e. The maximum absolute atomic E-state index is 11.9. The van der Waals surface area contributed by atoms with Crippen molar-refractivity contribution >= 4 is 39.8 Å². The lowest BCUT2D eigenvalue weighted by Crippen LogP contribution is -2.11. The molecule has 1 heterocycles. The highest BCUT2D eigenvalue weighted by Crippen LogP contribution is 2.20. The SMILES string of the molecule is CNc1nnc(C(=O)Nc2cccc(SC)c2)s1. The van der Waals surface area contributed by atoms with E-state index >= 15 is 0 Å². The lowest BCUT2D eigenvalue weighted by atomic mass is 10.3. The Bertz CT molecular complexity index is 555. The minimum atomic E-state index is -0.243. The van der Waals surface area contributed by atoms with E-state index in [9.17, 15) is 4.79 Å². The Morgan fingerprint density at radius 2 is 2.22 bits per heavy atom. The fourth-order valence-corrected chi connectivity index (χ4v) is 2.35. The number of nitrogens with one attached hydrogen (secondary N) is 2. The molecule has 2 N–H and O–H groups in total. The van der Waals surface area contributed by atoms with Crippen LogP contribution in [0.3, 0.4) is 0 Å². The molecule has 0 saturated heterocycles. The third-order valence-corrected chi connectivity index (χ3v) is 3.83. The summed E-state index contributed by atoms with van der Waals surface area (Å²) in [5.41, 5.74) is 0.757. The Hall–Kier alpha value is -1.60. The Labute approximate surface area is 113 Å². The van der Waals surface area contributed by atoms with Crippen LogP contribution in [-0.4, -0.2) is 29.4 Å². The fourth-order valence-electron chi connectivity index (χ4n) is 1.30. The topological polar surface area (TPSA) is 66.9 Å². The van der Waals surface area contributed by atoms with E-state index in [1.807, 2.05) is 30.5 Å².